The van der Waals surface area contributed by atoms with Crippen molar-refractivity contribution in [3.63, 3.8) is 0 Å². The predicted octanol–water partition coefficient (Wildman–Crippen LogP) is 4.08. The fraction of sp³-hybridized carbons (Fsp3) is 0.409. The molecule has 0 unspecified atom stereocenters. The lowest BCUT2D eigenvalue weighted by Gasteiger charge is -2.22. The molecule has 0 spiro atoms. The van der Waals surface area contributed by atoms with Crippen LogP contribution in [0.15, 0.2) is 48.5 Å². The third-order valence-corrected chi connectivity index (χ3v) is 4.81. The molecule has 1 aliphatic carbocycles. The van der Waals surface area contributed by atoms with Gasteiger partial charge in [-0.1, -0.05) is 42.5 Å². The summed E-state index contributed by atoms with van der Waals surface area (Å²) in [6, 6.07) is 16.5. The van der Waals surface area contributed by atoms with Gasteiger partial charge in [0.15, 0.2) is 6.10 Å². The van der Waals surface area contributed by atoms with Gasteiger partial charge < -0.3 is 10.1 Å². The van der Waals surface area contributed by atoms with Crippen LogP contribution in [0.4, 0.5) is 0 Å². The van der Waals surface area contributed by atoms with Gasteiger partial charge in [-0.3, -0.25) is 4.79 Å². The van der Waals surface area contributed by atoms with Gasteiger partial charge in [-0.15, -0.1) is 0 Å². The van der Waals surface area contributed by atoms with Crippen molar-refractivity contribution in [3.8, 4) is 5.75 Å². The molecule has 2 aromatic carbocycles. The first-order valence-corrected chi connectivity index (χ1v) is 9.33. The van der Waals surface area contributed by atoms with Crippen molar-refractivity contribution >= 4 is 5.91 Å². The smallest absolute Gasteiger partial charge is 0.260 e. The van der Waals surface area contributed by atoms with Crippen molar-refractivity contribution in [2.75, 3.05) is 6.54 Å². The fourth-order valence-corrected chi connectivity index (χ4v) is 3.39. The zero-order chi connectivity index (χ0) is 17.5. The molecule has 3 rings (SSSR count). The second-order valence-corrected chi connectivity index (χ2v) is 6.74. The van der Waals surface area contributed by atoms with Gasteiger partial charge in [0.1, 0.15) is 5.75 Å². The maximum atomic E-state index is 12.3. The van der Waals surface area contributed by atoms with Crippen LogP contribution in [-0.4, -0.2) is 18.6 Å². The summed E-state index contributed by atoms with van der Waals surface area (Å²) in [5.74, 6) is 0.839. The summed E-state index contributed by atoms with van der Waals surface area (Å²) in [5, 5.41) is 2.99. The predicted molar refractivity (Wildman–Crippen MR) is 101 cm³/mol. The standard InChI is InChI=1S/C22H27NO2/c1-17(22(24)23-16-8-11-18-9-3-2-4-10-18)25-21-15-7-13-19-12-5-6-14-20(19)21/h2-4,7,9-10,13,15,17H,5-6,8,11-12,14,16H2,1H3,(H,23,24)/t17-/m1/s1. The van der Waals surface area contributed by atoms with Crippen LogP contribution in [0.1, 0.15) is 42.9 Å². The number of amides is 1. The molecule has 1 atom stereocenters. The third-order valence-electron chi connectivity index (χ3n) is 4.81. The monoisotopic (exact) mass is 337 g/mol. The number of benzene rings is 2. The topological polar surface area (TPSA) is 38.3 Å². The highest BCUT2D eigenvalue weighted by molar-refractivity contribution is 5.80. The van der Waals surface area contributed by atoms with Crippen molar-refractivity contribution in [2.45, 2.75) is 51.6 Å². The average molecular weight is 337 g/mol. The van der Waals surface area contributed by atoms with Crippen LogP contribution in [0.25, 0.3) is 0 Å². The van der Waals surface area contributed by atoms with E-state index in [9.17, 15) is 4.79 Å². The summed E-state index contributed by atoms with van der Waals surface area (Å²) in [5.41, 5.74) is 3.97. The Kier molecular flexibility index (Phi) is 6.10. The number of rotatable bonds is 7. The third kappa shape index (κ3) is 4.85. The van der Waals surface area contributed by atoms with E-state index in [-0.39, 0.29) is 5.91 Å². The van der Waals surface area contributed by atoms with Crippen molar-refractivity contribution in [1.29, 1.82) is 0 Å². The van der Waals surface area contributed by atoms with Gasteiger partial charge in [-0.2, -0.15) is 0 Å². The van der Waals surface area contributed by atoms with Gasteiger partial charge in [-0.05, 0) is 68.2 Å². The van der Waals surface area contributed by atoms with Crippen LogP contribution in [0.5, 0.6) is 5.75 Å². The molecule has 0 saturated carbocycles. The van der Waals surface area contributed by atoms with E-state index in [0.29, 0.717) is 6.54 Å². The number of carbonyl (C=O) groups is 1. The Morgan fingerprint density at radius 1 is 1.08 bits per heavy atom. The molecule has 0 aromatic heterocycles. The summed E-state index contributed by atoms with van der Waals surface area (Å²) < 4.78 is 5.98. The average Bonchev–Trinajstić information content (AvgIpc) is 2.66. The maximum Gasteiger partial charge on any atom is 0.260 e. The normalized spacial score (nSPS) is 14.4. The number of carbonyl (C=O) groups excluding carboxylic acids is 1. The molecule has 132 valence electrons. The summed E-state index contributed by atoms with van der Waals surface area (Å²) in [7, 11) is 0. The van der Waals surface area contributed by atoms with Gasteiger partial charge in [0.25, 0.3) is 5.91 Å². The molecular weight excluding hydrogens is 310 g/mol. The lowest BCUT2D eigenvalue weighted by Crippen LogP contribution is -2.37. The first-order chi connectivity index (χ1) is 12.2. The van der Waals surface area contributed by atoms with Gasteiger partial charge in [0.2, 0.25) is 0 Å². The molecule has 1 amide bonds. The Morgan fingerprint density at radius 2 is 1.88 bits per heavy atom. The Hall–Kier alpha value is -2.29. The van der Waals surface area contributed by atoms with Crippen LogP contribution >= 0.6 is 0 Å². The Balaban J connectivity index is 1.46. The molecule has 0 aliphatic heterocycles. The highest BCUT2D eigenvalue weighted by Crippen LogP contribution is 2.30. The molecule has 2 aromatic rings. The van der Waals surface area contributed by atoms with Gasteiger partial charge in [0, 0.05) is 6.54 Å². The lowest BCUT2D eigenvalue weighted by atomic mass is 9.91. The molecule has 0 heterocycles. The summed E-state index contributed by atoms with van der Waals surface area (Å²) in [6.07, 6.45) is 6.06. The fourth-order valence-electron chi connectivity index (χ4n) is 3.39. The summed E-state index contributed by atoms with van der Waals surface area (Å²) >= 11 is 0. The Bertz CT molecular complexity index is 696. The summed E-state index contributed by atoms with van der Waals surface area (Å²) in [4.78, 5) is 12.3. The van der Waals surface area contributed by atoms with Crippen molar-refractivity contribution in [3.05, 3.63) is 65.2 Å². The number of nitrogens with one attached hydrogen (secondary N) is 1. The first-order valence-electron chi connectivity index (χ1n) is 9.33. The minimum Gasteiger partial charge on any atom is -0.481 e. The molecule has 3 nitrogen and oxygen atoms in total. The zero-order valence-electron chi connectivity index (χ0n) is 15.0. The van der Waals surface area contributed by atoms with Crippen molar-refractivity contribution in [1.82, 2.24) is 5.32 Å². The minimum absolute atomic E-state index is 0.0403. The van der Waals surface area contributed by atoms with Gasteiger partial charge >= 0.3 is 0 Å². The second kappa shape index (κ2) is 8.70. The highest BCUT2D eigenvalue weighted by Gasteiger charge is 2.19. The largest absolute Gasteiger partial charge is 0.481 e. The zero-order valence-corrected chi connectivity index (χ0v) is 15.0. The quantitative estimate of drug-likeness (QED) is 0.773. The summed E-state index contributed by atoms with van der Waals surface area (Å²) in [6.45, 7) is 2.50. The maximum absolute atomic E-state index is 12.3. The molecule has 1 N–H and O–H groups in total. The Morgan fingerprint density at radius 3 is 2.72 bits per heavy atom. The molecule has 1 aliphatic rings. The van der Waals surface area contributed by atoms with E-state index in [2.05, 4.69) is 23.5 Å². The SMILES string of the molecule is C[C@@H](Oc1cccc2c1CCCC2)C(=O)NCCCc1ccccc1. The molecule has 0 fully saturated rings. The number of hydrogen-bond donors (Lipinski definition) is 1. The van der Waals surface area contributed by atoms with Crippen LogP contribution in [0, 0.1) is 0 Å². The van der Waals surface area contributed by atoms with Crippen molar-refractivity contribution in [2.24, 2.45) is 0 Å². The van der Waals surface area contributed by atoms with E-state index in [0.717, 1.165) is 31.4 Å². The second-order valence-electron chi connectivity index (χ2n) is 6.74. The number of ether oxygens (including phenoxy) is 1. The number of hydrogen-bond acceptors (Lipinski definition) is 2. The highest BCUT2D eigenvalue weighted by atomic mass is 16.5. The lowest BCUT2D eigenvalue weighted by molar-refractivity contribution is -0.127. The molecule has 0 bridgehead atoms. The van der Waals surface area contributed by atoms with Gasteiger partial charge in [-0.25, -0.2) is 0 Å². The van der Waals surface area contributed by atoms with E-state index >= 15 is 0 Å². The van der Waals surface area contributed by atoms with Crippen LogP contribution in [-0.2, 0) is 24.1 Å². The van der Waals surface area contributed by atoms with Crippen molar-refractivity contribution < 1.29 is 9.53 Å². The first kappa shape index (κ1) is 17.5. The van der Waals surface area contributed by atoms with Crippen LogP contribution < -0.4 is 10.1 Å². The van der Waals surface area contributed by atoms with E-state index in [1.54, 1.807) is 0 Å². The number of fused-ring (bicyclic) bond motifs is 1. The minimum atomic E-state index is -0.467. The van der Waals surface area contributed by atoms with E-state index in [4.69, 9.17) is 4.74 Å². The number of aryl methyl sites for hydroxylation is 2. The Labute approximate surface area is 150 Å². The van der Waals surface area contributed by atoms with E-state index in [1.165, 1.54) is 29.5 Å². The van der Waals surface area contributed by atoms with Gasteiger partial charge in [0.05, 0.1) is 0 Å². The van der Waals surface area contributed by atoms with E-state index in [1.807, 2.05) is 37.3 Å². The molecule has 0 saturated heterocycles. The molecule has 25 heavy (non-hydrogen) atoms. The molecular formula is C22H27NO2. The van der Waals surface area contributed by atoms with E-state index < -0.39 is 6.10 Å². The van der Waals surface area contributed by atoms with Crippen LogP contribution in [0.2, 0.25) is 0 Å². The van der Waals surface area contributed by atoms with Crippen LogP contribution in [0.3, 0.4) is 0 Å². The molecule has 3 heteroatoms. The molecule has 0 radical (unpaired) electrons.